The Hall–Kier alpha value is 0.0800. The van der Waals surface area contributed by atoms with Crippen LogP contribution in [0.15, 0.2) is 11.9 Å². The molecule has 0 saturated heterocycles. The number of hydrogen-bond donors (Lipinski definition) is 2. The Kier molecular flexibility index (Phi) is 4.05. The SMILES string of the molecule is O=C(O)C=C[P+](=S)S. The molecule has 0 amide bonds. The van der Waals surface area contributed by atoms with Gasteiger partial charge in [-0.2, -0.15) is 0 Å². The lowest BCUT2D eigenvalue weighted by Crippen LogP contribution is -1.83. The van der Waals surface area contributed by atoms with Crippen LogP contribution in [0, 0.1) is 0 Å². The first-order chi connectivity index (χ1) is 3.63. The highest BCUT2D eigenvalue weighted by Crippen LogP contribution is 2.26. The Bertz CT molecular complexity index is 126. The lowest BCUT2D eigenvalue weighted by Gasteiger charge is -1.68. The second-order valence-electron chi connectivity index (χ2n) is 0.957. The summed E-state index contributed by atoms with van der Waals surface area (Å²) >= 11 is 8.38. The Labute approximate surface area is 58.2 Å². The molecule has 1 atom stereocenters. The maximum atomic E-state index is 9.75. The number of rotatable bonds is 2. The van der Waals surface area contributed by atoms with Crippen LogP contribution < -0.4 is 0 Å². The van der Waals surface area contributed by atoms with Crippen molar-refractivity contribution < 1.29 is 9.90 Å². The summed E-state index contributed by atoms with van der Waals surface area (Å²) in [4.78, 5) is 9.75. The van der Waals surface area contributed by atoms with E-state index in [-0.39, 0.29) is 0 Å². The fraction of sp³-hybridized carbons (Fsp3) is 0. The van der Waals surface area contributed by atoms with E-state index in [0.717, 1.165) is 6.08 Å². The summed E-state index contributed by atoms with van der Waals surface area (Å²) in [6.07, 6.45) is 1.01. The number of carbonyl (C=O) groups is 1. The third-order valence-corrected chi connectivity index (χ3v) is 1.51. The average Bonchev–Trinajstić information content (AvgIpc) is 1.61. The largest absolute Gasteiger partial charge is 0.478 e. The predicted octanol–water partition coefficient (Wildman–Crippen LogP) is 1.37. The third-order valence-electron chi connectivity index (χ3n) is 0.345. The van der Waals surface area contributed by atoms with Gasteiger partial charge in [-0.05, 0) is 0 Å². The predicted molar refractivity (Wildman–Crippen MR) is 40.0 cm³/mol. The second-order valence-corrected chi connectivity index (χ2v) is 5.14. The van der Waals surface area contributed by atoms with Gasteiger partial charge in [0.1, 0.15) is 5.82 Å². The number of aliphatic carboxylic acids is 1. The van der Waals surface area contributed by atoms with Gasteiger partial charge in [-0.15, -0.1) is 0 Å². The minimum absolute atomic E-state index is 0.917. The molecule has 0 aliphatic rings. The Morgan fingerprint density at radius 2 is 2.38 bits per heavy atom. The smallest absolute Gasteiger partial charge is 0.332 e. The van der Waals surface area contributed by atoms with Crippen molar-refractivity contribution >= 4 is 35.9 Å². The summed E-state index contributed by atoms with van der Waals surface area (Å²) < 4.78 is 0. The van der Waals surface area contributed by atoms with Gasteiger partial charge in [0.2, 0.25) is 0 Å². The fourth-order valence-corrected chi connectivity index (χ4v) is 0.765. The van der Waals surface area contributed by atoms with Gasteiger partial charge < -0.3 is 5.11 Å². The number of hydrogen-bond acceptors (Lipinski definition) is 2. The normalized spacial score (nSPS) is 11.9. The molecule has 0 radical (unpaired) electrons. The lowest BCUT2D eigenvalue weighted by molar-refractivity contribution is -0.131. The first-order valence-electron chi connectivity index (χ1n) is 1.69. The van der Waals surface area contributed by atoms with Crippen LogP contribution in [0.1, 0.15) is 0 Å². The van der Waals surface area contributed by atoms with E-state index >= 15 is 0 Å². The summed E-state index contributed by atoms with van der Waals surface area (Å²) in [5, 5.41) is 8.01. The van der Waals surface area contributed by atoms with Crippen LogP contribution >= 0.6 is 18.1 Å². The minimum Gasteiger partial charge on any atom is -0.478 e. The summed E-state index contributed by atoms with van der Waals surface area (Å²) in [5.41, 5.74) is 0. The average molecular weight is 167 g/mol. The van der Waals surface area contributed by atoms with Crippen molar-refractivity contribution in [3.63, 3.8) is 0 Å². The molecule has 0 aromatic carbocycles. The number of carboxylic acid groups (broad SMARTS) is 1. The number of thiol groups is 1. The van der Waals surface area contributed by atoms with Crippen molar-refractivity contribution in [2.75, 3.05) is 0 Å². The van der Waals surface area contributed by atoms with Crippen LogP contribution in [-0.4, -0.2) is 11.1 Å². The van der Waals surface area contributed by atoms with Gasteiger partial charge >= 0.3 is 5.97 Å². The summed E-state index contributed by atoms with van der Waals surface area (Å²) in [7, 11) is 0. The highest BCUT2D eigenvalue weighted by molar-refractivity contribution is 8.57. The zero-order valence-corrected chi connectivity index (χ0v) is 6.42. The lowest BCUT2D eigenvalue weighted by atomic mass is 10.7. The van der Waals surface area contributed by atoms with Gasteiger partial charge in [0, 0.05) is 0 Å². The van der Waals surface area contributed by atoms with Gasteiger partial charge in [0.25, 0.3) is 5.90 Å². The molecule has 0 spiro atoms. The van der Waals surface area contributed by atoms with Crippen molar-refractivity contribution in [2.45, 2.75) is 0 Å². The van der Waals surface area contributed by atoms with Gasteiger partial charge in [0.15, 0.2) is 11.8 Å². The summed E-state index contributed by atoms with van der Waals surface area (Å²) in [6, 6.07) is 0. The minimum atomic E-state index is -0.976. The topological polar surface area (TPSA) is 37.3 Å². The van der Waals surface area contributed by atoms with Crippen LogP contribution in [0.2, 0.25) is 0 Å². The fourth-order valence-electron chi connectivity index (χ4n) is 0.128. The Balaban J connectivity index is 3.67. The van der Waals surface area contributed by atoms with Crippen LogP contribution in [0.3, 0.4) is 0 Å². The molecule has 8 heavy (non-hydrogen) atoms. The highest BCUT2D eigenvalue weighted by atomic mass is 32.9. The maximum Gasteiger partial charge on any atom is 0.332 e. The van der Waals surface area contributed by atoms with E-state index in [2.05, 4.69) is 24.1 Å². The van der Waals surface area contributed by atoms with Crippen LogP contribution in [-0.2, 0) is 16.6 Å². The van der Waals surface area contributed by atoms with E-state index in [1.54, 1.807) is 0 Å². The molecule has 2 nitrogen and oxygen atoms in total. The molecule has 0 aliphatic carbocycles. The van der Waals surface area contributed by atoms with E-state index < -0.39 is 11.9 Å². The van der Waals surface area contributed by atoms with Crippen LogP contribution in [0.5, 0.6) is 0 Å². The van der Waals surface area contributed by atoms with E-state index in [9.17, 15) is 4.79 Å². The zero-order valence-electron chi connectivity index (χ0n) is 3.81. The van der Waals surface area contributed by atoms with Crippen LogP contribution in [0.4, 0.5) is 0 Å². The first kappa shape index (κ1) is 8.08. The summed E-state index contributed by atoms with van der Waals surface area (Å²) in [6.45, 7) is 0. The molecule has 0 bridgehead atoms. The molecular formula is C3H4O2PS2+. The van der Waals surface area contributed by atoms with Gasteiger partial charge in [-0.25, -0.2) is 4.79 Å². The van der Waals surface area contributed by atoms with Crippen molar-refractivity contribution in [1.82, 2.24) is 0 Å². The van der Waals surface area contributed by atoms with Crippen molar-refractivity contribution in [3.8, 4) is 0 Å². The third kappa shape index (κ3) is 6.08. The van der Waals surface area contributed by atoms with Crippen molar-refractivity contribution in [3.05, 3.63) is 11.9 Å². The van der Waals surface area contributed by atoms with E-state index in [1.165, 1.54) is 5.82 Å². The second kappa shape index (κ2) is 4.01. The first-order valence-corrected chi connectivity index (χ1v) is 5.27. The van der Waals surface area contributed by atoms with Gasteiger partial charge in [0.05, 0.1) is 18.3 Å². The molecule has 5 heteroatoms. The summed E-state index contributed by atoms with van der Waals surface area (Å²) in [5.74, 6) is -0.507. The molecular weight excluding hydrogens is 163 g/mol. The molecule has 0 saturated carbocycles. The zero-order chi connectivity index (χ0) is 6.57. The molecule has 0 heterocycles. The standard InChI is InChI=1S/C3H3O2PS2/c4-3(5)1-2-6(7)8/h1-2H,(H-,4,5,7,8)/p+1. The van der Waals surface area contributed by atoms with Crippen molar-refractivity contribution in [2.24, 2.45) is 0 Å². The molecule has 1 N–H and O–H groups in total. The molecule has 0 aliphatic heterocycles. The molecule has 0 aromatic rings. The number of carboxylic acids is 1. The molecule has 1 unspecified atom stereocenters. The quantitative estimate of drug-likeness (QED) is 0.370. The molecule has 0 rings (SSSR count). The van der Waals surface area contributed by atoms with Gasteiger partial charge in [-0.3, -0.25) is 0 Å². The molecule has 0 aromatic heterocycles. The van der Waals surface area contributed by atoms with Gasteiger partial charge in [-0.1, -0.05) is 0 Å². The van der Waals surface area contributed by atoms with E-state index in [0.29, 0.717) is 0 Å². The monoisotopic (exact) mass is 167 g/mol. The highest BCUT2D eigenvalue weighted by Gasteiger charge is 1.94. The Morgan fingerprint density at radius 3 is 2.50 bits per heavy atom. The Morgan fingerprint density at radius 1 is 1.88 bits per heavy atom. The maximum absolute atomic E-state index is 9.75. The molecule has 0 fully saturated rings. The van der Waals surface area contributed by atoms with Crippen molar-refractivity contribution in [1.29, 1.82) is 0 Å². The van der Waals surface area contributed by atoms with E-state index in [4.69, 9.17) is 5.11 Å². The van der Waals surface area contributed by atoms with E-state index in [1.807, 2.05) is 0 Å². The van der Waals surface area contributed by atoms with Crippen LogP contribution in [0.25, 0.3) is 0 Å². The molecule has 44 valence electrons.